The molecule has 0 saturated carbocycles. The molecule has 0 fully saturated rings. The normalized spacial score (nSPS) is 16.0. The highest BCUT2D eigenvalue weighted by Crippen LogP contribution is 2.37. The number of carbonyl (C=O) groups is 2. The number of aromatic nitrogens is 3. The van der Waals surface area contributed by atoms with E-state index >= 15 is 0 Å². The van der Waals surface area contributed by atoms with Crippen molar-refractivity contribution in [3.8, 4) is 10.7 Å². The molecular formula is C18H25N5O2S2. The van der Waals surface area contributed by atoms with E-state index in [2.05, 4.69) is 33.8 Å². The van der Waals surface area contributed by atoms with Crippen molar-refractivity contribution in [1.82, 2.24) is 25.4 Å². The third-order valence-corrected chi connectivity index (χ3v) is 6.99. The van der Waals surface area contributed by atoms with Crippen LogP contribution in [-0.2, 0) is 24.7 Å². The van der Waals surface area contributed by atoms with Crippen LogP contribution in [0.1, 0.15) is 37.1 Å². The topological polar surface area (TPSA) is 88.9 Å². The molecule has 0 aliphatic heterocycles. The second-order valence-corrected chi connectivity index (χ2v) is 8.72. The number of rotatable bonds is 6. The number of thioether (sulfide) groups is 1. The van der Waals surface area contributed by atoms with Gasteiger partial charge in [-0.15, -0.1) is 21.5 Å². The predicted molar refractivity (Wildman–Crippen MR) is 108 cm³/mol. The molecule has 1 aliphatic rings. The van der Waals surface area contributed by atoms with Crippen LogP contribution in [0.15, 0.2) is 11.2 Å². The number of carbonyl (C=O) groups excluding carboxylic acids is 2. The third kappa shape index (κ3) is 4.70. The SMILES string of the molecule is CCNC(=O)NC(=O)CSc1nnc(-c2cc3c(s2)CCC(CC)C3)n1C. The molecule has 3 rings (SSSR count). The number of urea groups is 1. The lowest BCUT2D eigenvalue weighted by atomic mass is 9.87. The van der Waals surface area contributed by atoms with E-state index in [1.54, 1.807) is 18.3 Å². The van der Waals surface area contributed by atoms with Crippen molar-refractivity contribution in [1.29, 1.82) is 0 Å². The van der Waals surface area contributed by atoms with Gasteiger partial charge in [0, 0.05) is 18.5 Å². The quantitative estimate of drug-likeness (QED) is 0.719. The Hall–Kier alpha value is -1.87. The minimum Gasteiger partial charge on any atom is -0.338 e. The van der Waals surface area contributed by atoms with Crippen LogP contribution in [0.4, 0.5) is 4.79 Å². The average molecular weight is 408 g/mol. The van der Waals surface area contributed by atoms with Gasteiger partial charge in [-0.3, -0.25) is 10.1 Å². The molecule has 0 aromatic carbocycles. The number of imide groups is 1. The van der Waals surface area contributed by atoms with Gasteiger partial charge in [-0.2, -0.15) is 0 Å². The van der Waals surface area contributed by atoms with E-state index in [1.807, 2.05) is 11.6 Å². The van der Waals surface area contributed by atoms with Crippen molar-refractivity contribution in [2.75, 3.05) is 12.3 Å². The van der Waals surface area contributed by atoms with Crippen molar-refractivity contribution in [3.05, 3.63) is 16.5 Å². The number of nitrogens with zero attached hydrogens (tertiary/aromatic N) is 3. The molecule has 27 heavy (non-hydrogen) atoms. The number of fused-ring (bicyclic) bond motifs is 1. The highest BCUT2D eigenvalue weighted by molar-refractivity contribution is 7.99. The first kappa shape index (κ1) is 19.9. The zero-order chi connectivity index (χ0) is 19.4. The number of nitrogens with one attached hydrogen (secondary N) is 2. The molecule has 0 radical (unpaired) electrons. The van der Waals surface area contributed by atoms with Crippen molar-refractivity contribution < 1.29 is 9.59 Å². The molecule has 1 atom stereocenters. The van der Waals surface area contributed by atoms with Gasteiger partial charge in [0.15, 0.2) is 11.0 Å². The van der Waals surface area contributed by atoms with Crippen molar-refractivity contribution in [3.63, 3.8) is 0 Å². The number of hydrogen-bond donors (Lipinski definition) is 2. The van der Waals surface area contributed by atoms with Gasteiger partial charge in [0.05, 0.1) is 10.6 Å². The van der Waals surface area contributed by atoms with E-state index < -0.39 is 6.03 Å². The van der Waals surface area contributed by atoms with E-state index in [1.165, 1.54) is 35.0 Å². The van der Waals surface area contributed by atoms with E-state index in [9.17, 15) is 9.59 Å². The molecule has 2 heterocycles. The molecule has 0 bridgehead atoms. The van der Waals surface area contributed by atoms with Gasteiger partial charge in [0.1, 0.15) is 0 Å². The summed E-state index contributed by atoms with van der Waals surface area (Å²) in [6.45, 7) is 4.53. The van der Waals surface area contributed by atoms with Gasteiger partial charge in [0.25, 0.3) is 0 Å². The second kappa shape index (κ2) is 8.88. The Balaban J connectivity index is 1.65. The average Bonchev–Trinajstić information content (AvgIpc) is 3.22. The van der Waals surface area contributed by atoms with Crippen LogP contribution in [0.25, 0.3) is 10.7 Å². The van der Waals surface area contributed by atoms with Crippen LogP contribution in [0.2, 0.25) is 0 Å². The zero-order valence-corrected chi connectivity index (χ0v) is 17.5. The van der Waals surface area contributed by atoms with Gasteiger partial charge in [-0.25, -0.2) is 4.79 Å². The molecule has 0 spiro atoms. The van der Waals surface area contributed by atoms with E-state index in [4.69, 9.17) is 0 Å². The summed E-state index contributed by atoms with van der Waals surface area (Å²) < 4.78 is 1.92. The van der Waals surface area contributed by atoms with Crippen molar-refractivity contribution >= 4 is 35.0 Å². The predicted octanol–water partition coefficient (Wildman–Crippen LogP) is 3.00. The maximum atomic E-state index is 11.8. The Morgan fingerprint density at radius 3 is 2.93 bits per heavy atom. The lowest BCUT2D eigenvalue weighted by Crippen LogP contribution is -2.40. The first-order chi connectivity index (χ1) is 13.0. The molecular weight excluding hydrogens is 382 g/mol. The molecule has 146 valence electrons. The summed E-state index contributed by atoms with van der Waals surface area (Å²) in [5, 5.41) is 14.0. The fraction of sp³-hybridized carbons (Fsp3) is 0.556. The standard InChI is InChI=1S/C18H25N5O2S2/c1-4-11-6-7-13-12(8-11)9-14(27-13)16-21-22-18(23(16)3)26-10-15(24)20-17(25)19-5-2/h9,11H,4-8,10H2,1-3H3,(H2,19,20,24,25). The molecule has 1 unspecified atom stereocenters. The second-order valence-electron chi connectivity index (χ2n) is 6.64. The summed E-state index contributed by atoms with van der Waals surface area (Å²) in [7, 11) is 1.91. The third-order valence-electron chi connectivity index (χ3n) is 4.74. The maximum absolute atomic E-state index is 11.8. The molecule has 3 amide bonds. The molecule has 9 heteroatoms. The summed E-state index contributed by atoms with van der Waals surface area (Å²) in [6.07, 6.45) is 4.80. The van der Waals surface area contributed by atoms with E-state index in [-0.39, 0.29) is 11.7 Å². The number of hydrogen-bond acceptors (Lipinski definition) is 6. The summed E-state index contributed by atoms with van der Waals surface area (Å²) in [4.78, 5) is 25.8. The first-order valence-corrected chi connectivity index (χ1v) is 11.0. The fourth-order valence-electron chi connectivity index (χ4n) is 3.21. The van der Waals surface area contributed by atoms with Gasteiger partial charge < -0.3 is 9.88 Å². The Kier molecular flexibility index (Phi) is 6.54. The van der Waals surface area contributed by atoms with Crippen LogP contribution in [0.3, 0.4) is 0 Å². The summed E-state index contributed by atoms with van der Waals surface area (Å²) >= 11 is 3.07. The maximum Gasteiger partial charge on any atom is 0.321 e. The molecule has 0 saturated heterocycles. The lowest BCUT2D eigenvalue weighted by Gasteiger charge is -2.19. The minimum absolute atomic E-state index is 0.113. The fourth-order valence-corrected chi connectivity index (χ4v) is 5.15. The van der Waals surface area contributed by atoms with Crippen LogP contribution in [0.5, 0.6) is 0 Å². The molecule has 1 aliphatic carbocycles. The molecule has 2 aromatic rings. The lowest BCUT2D eigenvalue weighted by molar-refractivity contribution is -0.117. The highest BCUT2D eigenvalue weighted by atomic mass is 32.2. The largest absolute Gasteiger partial charge is 0.338 e. The van der Waals surface area contributed by atoms with Gasteiger partial charge in [-0.1, -0.05) is 25.1 Å². The van der Waals surface area contributed by atoms with E-state index in [0.29, 0.717) is 11.7 Å². The van der Waals surface area contributed by atoms with Crippen LogP contribution < -0.4 is 10.6 Å². The Bertz CT molecular complexity index is 830. The molecule has 2 N–H and O–H groups in total. The Morgan fingerprint density at radius 1 is 1.37 bits per heavy atom. The monoisotopic (exact) mass is 407 g/mol. The van der Waals surface area contributed by atoms with Gasteiger partial charge >= 0.3 is 6.03 Å². The number of amides is 3. The van der Waals surface area contributed by atoms with Gasteiger partial charge in [-0.05, 0) is 43.7 Å². The molecule has 7 nitrogen and oxygen atoms in total. The van der Waals surface area contributed by atoms with Crippen molar-refractivity contribution in [2.45, 2.75) is 44.7 Å². The smallest absolute Gasteiger partial charge is 0.321 e. The van der Waals surface area contributed by atoms with Crippen LogP contribution in [-0.4, -0.2) is 39.0 Å². The zero-order valence-electron chi connectivity index (χ0n) is 15.9. The highest BCUT2D eigenvalue weighted by Gasteiger charge is 2.22. The Labute approximate surface area is 167 Å². The summed E-state index contributed by atoms with van der Waals surface area (Å²) in [5.74, 6) is 1.37. The van der Waals surface area contributed by atoms with E-state index in [0.717, 1.165) is 29.5 Å². The summed E-state index contributed by atoms with van der Waals surface area (Å²) in [5.41, 5.74) is 1.45. The Morgan fingerprint density at radius 2 is 2.19 bits per heavy atom. The number of aryl methyl sites for hydroxylation is 1. The van der Waals surface area contributed by atoms with Gasteiger partial charge in [0.2, 0.25) is 5.91 Å². The summed E-state index contributed by atoms with van der Waals surface area (Å²) in [6, 6.07) is 1.78. The molecule has 2 aromatic heterocycles. The minimum atomic E-state index is -0.476. The van der Waals surface area contributed by atoms with Crippen LogP contribution in [0, 0.1) is 5.92 Å². The first-order valence-electron chi connectivity index (χ1n) is 9.23. The number of thiophene rings is 1. The van der Waals surface area contributed by atoms with Crippen LogP contribution >= 0.6 is 23.1 Å². The van der Waals surface area contributed by atoms with Crippen molar-refractivity contribution in [2.24, 2.45) is 13.0 Å².